The molecule has 2 fully saturated rings. The average molecular weight is 352 g/mol. The van der Waals surface area contributed by atoms with Crippen LogP contribution in [-0.2, 0) is 6.54 Å². The second-order valence-electron chi connectivity index (χ2n) is 8.61. The van der Waals surface area contributed by atoms with Gasteiger partial charge in [0, 0.05) is 25.0 Å². The van der Waals surface area contributed by atoms with Crippen molar-refractivity contribution in [2.45, 2.75) is 52.6 Å². The number of benzene rings is 1. The maximum absolute atomic E-state index is 12.4. The number of fused-ring (bicyclic) bond motifs is 2. The third-order valence-electron chi connectivity index (χ3n) is 7.26. The van der Waals surface area contributed by atoms with Gasteiger partial charge >= 0.3 is 6.03 Å². The Hall–Kier alpha value is -2.30. The lowest BCUT2D eigenvalue weighted by molar-refractivity contribution is 0.123. The first-order valence-electron chi connectivity index (χ1n) is 9.53. The lowest BCUT2D eigenvalue weighted by atomic mass is 9.69. The van der Waals surface area contributed by atoms with Crippen molar-refractivity contribution >= 4 is 6.03 Å². The highest BCUT2D eigenvalue weighted by molar-refractivity contribution is 5.74. The smallest absolute Gasteiger partial charge is 0.315 e. The van der Waals surface area contributed by atoms with Crippen LogP contribution < -0.4 is 10.6 Å². The molecule has 2 amide bonds. The normalized spacial score (nSPS) is 28.9. The molecule has 0 radical (unpaired) electrons. The zero-order chi connectivity index (χ0) is 18.4. The number of carbonyl (C=O) groups is 1. The molecule has 0 spiro atoms. The summed E-state index contributed by atoms with van der Waals surface area (Å²) in [7, 11) is 0. The SMILES string of the molecule is CC1(C)[C@H]2CC[C@@]1(C)[C@H](NC(=O)NCc1ccc(-n3cccn3)cc1)C2. The number of carbonyl (C=O) groups excluding carboxylic acids is 1. The molecule has 2 aromatic rings. The molecular weight excluding hydrogens is 324 g/mol. The van der Waals surface area contributed by atoms with Crippen LogP contribution in [0.3, 0.4) is 0 Å². The standard InChI is InChI=1S/C21H28N4O/c1-20(2)16-9-10-21(20,3)18(13-16)24-19(26)22-14-15-5-7-17(8-6-15)25-12-4-11-23-25/h4-8,11-12,16,18H,9-10,13-14H2,1-3H3,(H2,22,24,26)/t16-,18+,21-/m0/s1. The minimum atomic E-state index is -0.0595. The van der Waals surface area contributed by atoms with Gasteiger partial charge in [0.15, 0.2) is 0 Å². The largest absolute Gasteiger partial charge is 0.335 e. The van der Waals surface area contributed by atoms with Crippen molar-refractivity contribution in [3.05, 3.63) is 48.3 Å². The molecule has 0 unspecified atom stereocenters. The minimum Gasteiger partial charge on any atom is -0.335 e. The molecule has 138 valence electrons. The highest BCUT2D eigenvalue weighted by atomic mass is 16.2. The minimum absolute atomic E-state index is 0.0595. The molecule has 2 aliphatic rings. The molecule has 1 aromatic heterocycles. The molecule has 2 saturated carbocycles. The zero-order valence-electron chi connectivity index (χ0n) is 15.8. The number of nitrogens with one attached hydrogen (secondary N) is 2. The molecule has 26 heavy (non-hydrogen) atoms. The van der Waals surface area contributed by atoms with E-state index in [1.807, 2.05) is 41.2 Å². The number of urea groups is 1. The Morgan fingerprint density at radius 1 is 1.27 bits per heavy atom. The summed E-state index contributed by atoms with van der Waals surface area (Å²) >= 11 is 0. The van der Waals surface area contributed by atoms with Crippen LogP contribution in [0, 0.1) is 16.7 Å². The van der Waals surface area contributed by atoms with Crippen LogP contribution in [-0.4, -0.2) is 21.9 Å². The molecule has 5 nitrogen and oxygen atoms in total. The van der Waals surface area contributed by atoms with E-state index in [4.69, 9.17) is 0 Å². The molecule has 4 rings (SSSR count). The zero-order valence-corrected chi connectivity index (χ0v) is 15.8. The lowest BCUT2D eigenvalue weighted by Gasteiger charge is -2.39. The van der Waals surface area contributed by atoms with Gasteiger partial charge in [-0.05, 0) is 59.8 Å². The second kappa shape index (κ2) is 6.15. The summed E-state index contributed by atoms with van der Waals surface area (Å²) in [6.45, 7) is 7.61. The molecule has 0 aliphatic heterocycles. The van der Waals surface area contributed by atoms with E-state index >= 15 is 0 Å². The van der Waals surface area contributed by atoms with Crippen molar-refractivity contribution in [2.24, 2.45) is 16.7 Å². The summed E-state index contributed by atoms with van der Waals surface area (Å²) in [5.41, 5.74) is 2.61. The quantitative estimate of drug-likeness (QED) is 0.877. The van der Waals surface area contributed by atoms with Crippen LogP contribution in [0.15, 0.2) is 42.7 Å². The molecular formula is C21H28N4O. The molecule has 2 aliphatic carbocycles. The molecule has 5 heteroatoms. The lowest BCUT2D eigenvalue weighted by Crippen LogP contribution is -2.49. The summed E-state index contributed by atoms with van der Waals surface area (Å²) < 4.78 is 1.82. The van der Waals surface area contributed by atoms with E-state index in [2.05, 4.69) is 36.5 Å². The molecule has 2 bridgehead atoms. The van der Waals surface area contributed by atoms with Crippen LogP contribution in [0.25, 0.3) is 5.69 Å². The third-order valence-corrected chi connectivity index (χ3v) is 7.26. The average Bonchev–Trinajstić information content (AvgIpc) is 3.27. The second-order valence-corrected chi connectivity index (χ2v) is 8.61. The van der Waals surface area contributed by atoms with Gasteiger partial charge in [0.25, 0.3) is 0 Å². The van der Waals surface area contributed by atoms with Gasteiger partial charge in [0.2, 0.25) is 0 Å². The number of nitrogens with zero attached hydrogens (tertiary/aromatic N) is 2. The van der Waals surface area contributed by atoms with Crippen LogP contribution in [0.5, 0.6) is 0 Å². The first kappa shape index (κ1) is 17.1. The van der Waals surface area contributed by atoms with Gasteiger partial charge in [-0.2, -0.15) is 5.10 Å². The topological polar surface area (TPSA) is 59.0 Å². The Morgan fingerprint density at radius 3 is 2.62 bits per heavy atom. The predicted molar refractivity (Wildman–Crippen MR) is 102 cm³/mol. The van der Waals surface area contributed by atoms with Gasteiger partial charge < -0.3 is 10.6 Å². The molecule has 1 heterocycles. The van der Waals surface area contributed by atoms with E-state index in [1.54, 1.807) is 6.20 Å². The third kappa shape index (κ3) is 2.70. The summed E-state index contributed by atoms with van der Waals surface area (Å²) in [4.78, 5) is 12.4. The Morgan fingerprint density at radius 2 is 2.04 bits per heavy atom. The van der Waals surface area contributed by atoms with E-state index in [0.29, 0.717) is 12.0 Å². The Labute approximate surface area is 155 Å². The van der Waals surface area contributed by atoms with E-state index in [0.717, 1.165) is 23.6 Å². The highest BCUT2D eigenvalue weighted by Gasteiger charge is 2.61. The van der Waals surface area contributed by atoms with Crippen LogP contribution >= 0.6 is 0 Å². The predicted octanol–water partition coefficient (Wildman–Crippen LogP) is 3.89. The van der Waals surface area contributed by atoms with Crippen LogP contribution in [0.2, 0.25) is 0 Å². The first-order chi connectivity index (χ1) is 12.4. The number of aromatic nitrogens is 2. The fourth-order valence-electron chi connectivity index (χ4n) is 5.00. The van der Waals surface area contributed by atoms with E-state index in [9.17, 15) is 4.79 Å². The van der Waals surface area contributed by atoms with Crippen molar-refractivity contribution in [2.75, 3.05) is 0 Å². The highest BCUT2D eigenvalue weighted by Crippen LogP contribution is 2.65. The maximum atomic E-state index is 12.4. The summed E-state index contributed by atoms with van der Waals surface area (Å²) in [6, 6.07) is 10.2. The van der Waals surface area contributed by atoms with Crippen molar-refractivity contribution in [1.29, 1.82) is 0 Å². The monoisotopic (exact) mass is 352 g/mol. The fraction of sp³-hybridized carbons (Fsp3) is 0.524. The number of amides is 2. The van der Waals surface area contributed by atoms with Gasteiger partial charge in [0.05, 0.1) is 5.69 Å². The first-order valence-corrected chi connectivity index (χ1v) is 9.53. The molecule has 1 aromatic carbocycles. The van der Waals surface area contributed by atoms with E-state index in [-0.39, 0.29) is 17.5 Å². The molecule has 3 atom stereocenters. The Kier molecular flexibility index (Phi) is 4.05. The van der Waals surface area contributed by atoms with E-state index < -0.39 is 0 Å². The van der Waals surface area contributed by atoms with E-state index in [1.165, 1.54) is 12.8 Å². The molecule has 2 N–H and O–H groups in total. The maximum Gasteiger partial charge on any atom is 0.315 e. The van der Waals surface area contributed by atoms with Gasteiger partial charge in [-0.3, -0.25) is 0 Å². The van der Waals surface area contributed by atoms with Crippen LogP contribution in [0.4, 0.5) is 4.79 Å². The van der Waals surface area contributed by atoms with Gasteiger partial charge in [-0.15, -0.1) is 0 Å². The number of rotatable bonds is 4. The van der Waals surface area contributed by atoms with Crippen molar-refractivity contribution < 1.29 is 4.79 Å². The van der Waals surface area contributed by atoms with Crippen LogP contribution in [0.1, 0.15) is 45.6 Å². The van der Waals surface area contributed by atoms with Gasteiger partial charge in [0.1, 0.15) is 0 Å². The Balaban J connectivity index is 1.32. The van der Waals surface area contributed by atoms with Crippen molar-refractivity contribution in [3.8, 4) is 5.69 Å². The summed E-state index contributed by atoms with van der Waals surface area (Å²) in [5.74, 6) is 0.729. The Bertz CT molecular complexity index is 781. The fourth-order valence-corrected chi connectivity index (χ4v) is 5.00. The number of hydrogen-bond acceptors (Lipinski definition) is 2. The summed E-state index contributed by atoms with van der Waals surface area (Å²) in [5, 5.41) is 10.5. The van der Waals surface area contributed by atoms with Gasteiger partial charge in [-0.1, -0.05) is 32.9 Å². The van der Waals surface area contributed by atoms with Crippen molar-refractivity contribution in [1.82, 2.24) is 20.4 Å². The van der Waals surface area contributed by atoms with Gasteiger partial charge in [-0.25, -0.2) is 9.48 Å². The van der Waals surface area contributed by atoms with Crippen molar-refractivity contribution in [3.63, 3.8) is 0 Å². The summed E-state index contributed by atoms with van der Waals surface area (Å²) in [6.07, 6.45) is 7.29. The number of hydrogen-bond donors (Lipinski definition) is 2. The molecule has 0 saturated heterocycles.